The number of thioether (sulfide) groups is 1. The maximum absolute atomic E-state index is 13.3. The molecule has 7 heteroatoms. The zero-order chi connectivity index (χ0) is 23.1. The maximum Gasteiger partial charge on any atom is 0.262 e. The number of ether oxygens (including phenoxy) is 1. The number of aromatic nitrogens is 2. The van der Waals surface area contributed by atoms with Gasteiger partial charge in [-0.25, -0.2) is 4.98 Å². The SMILES string of the molecule is C=Cc1ccc(CSc2nc3cc(C(=O)NCCOC)ccc3c(=O)n2CC(C)C)cc1. The Kier molecular flexibility index (Phi) is 8.25. The van der Waals surface area contributed by atoms with Gasteiger partial charge >= 0.3 is 0 Å². The summed E-state index contributed by atoms with van der Waals surface area (Å²) in [4.78, 5) is 30.5. The van der Waals surface area contributed by atoms with E-state index in [1.165, 1.54) is 11.8 Å². The number of hydrogen-bond donors (Lipinski definition) is 1. The molecule has 0 radical (unpaired) electrons. The third-order valence-corrected chi connectivity index (χ3v) is 5.95. The molecule has 0 fully saturated rings. The molecule has 0 bridgehead atoms. The fourth-order valence-corrected chi connectivity index (χ4v) is 4.21. The van der Waals surface area contributed by atoms with Gasteiger partial charge in [0.25, 0.3) is 11.5 Å². The Labute approximate surface area is 192 Å². The van der Waals surface area contributed by atoms with Crippen LogP contribution in [0.15, 0.2) is 59.0 Å². The number of hydrogen-bond acceptors (Lipinski definition) is 5. The Balaban J connectivity index is 1.94. The molecular weight excluding hydrogens is 422 g/mol. The summed E-state index contributed by atoms with van der Waals surface area (Å²) < 4.78 is 6.72. The van der Waals surface area contributed by atoms with Gasteiger partial charge in [-0.1, -0.05) is 62.5 Å². The van der Waals surface area contributed by atoms with Gasteiger partial charge in [-0.3, -0.25) is 14.2 Å². The molecule has 32 heavy (non-hydrogen) atoms. The third-order valence-electron chi connectivity index (χ3n) is 4.91. The monoisotopic (exact) mass is 451 g/mol. The van der Waals surface area contributed by atoms with E-state index in [-0.39, 0.29) is 11.5 Å². The second-order valence-electron chi connectivity index (χ2n) is 7.92. The van der Waals surface area contributed by atoms with Crippen molar-refractivity contribution in [1.82, 2.24) is 14.9 Å². The first-order valence-corrected chi connectivity index (χ1v) is 11.6. The van der Waals surface area contributed by atoms with E-state index in [0.717, 1.165) is 11.1 Å². The van der Waals surface area contributed by atoms with Crippen LogP contribution >= 0.6 is 11.8 Å². The lowest BCUT2D eigenvalue weighted by atomic mass is 10.1. The smallest absolute Gasteiger partial charge is 0.262 e. The molecule has 0 aliphatic carbocycles. The molecule has 2 aromatic carbocycles. The van der Waals surface area contributed by atoms with Gasteiger partial charge in [-0.05, 0) is 35.2 Å². The highest BCUT2D eigenvalue weighted by Gasteiger charge is 2.15. The highest BCUT2D eigenvalue weighted by atomic mass is 32.2. The van der Waals surface area contributed by atoms with Crippen molar-refractivity contribution in [2.24, 2.45) is 5.92 Å². The molecule has 1 N–H and O–H groups in total. The normalized spacial score (nSPS) is 11.1. The first-order chi connectivity index (χ1) is 15.4. The van der Waals surface area contributed by atoms with Crippen LogP contribution in [0.3, 0.4) is 0 Å². The average molecular weight is 452 g/mol. The summed E-state index contributed by atoms with van der Waals surface area (Å²) in [5, 5.41) is 3.97. The molecule has 3 rings (SSSR count). The van der Waals surface area contributed by atoms with Crippen LogP contribution in [-0.4, -0.2) is 35.7 Å². The zero-order valence-corrected chi connectivity index (χ0v) is 19.6. The highest BCUT2D eigenvalue weighted by Crippen LogP contribution is 2.24. The number of benzene rings is 2. The molecule has 0 atom stereocenters. The van der Waals surface area contributed by atoms with Crippen molar-refractivity contribution in [3.63, 3.8) is 0 Å². The van der Waals surface area contributed by atoms with Crippen LogP contribution in [0.25, 0.3) is 17.0 Å². The van der Waals surface area contributed by atoms with Crippen LogP contribution in [0.4, 0.5) is 0 Å². The van der Waals surface area contributed by atoms with Gasteiger partial charge in [-0.15, -0.1) is 0 Å². The summed E-state index contributed by atoms with van der Waals surface area (Å²) in [5.41, 5.74) is 3.12. The van der Waals surface area contributed by atoms with Gasteiger partial charge in [0, 0.05) is 31.5 Å². The number of fused-ring (bicyclic) bond motifs is 1. The van der Waals surface area contributed by atoms with Crippen LogP contribution in [0.2, 0.25) is 0 Å². The molecule has 0 saturated carbocycles. The summed E-state index contributed by atoms with van der Waals surface area (Å²) in [7, 11) is 1.58. The lowest BCUT2D eigenvalue weighted by Crippen LogP contribution is -2.28. The van der Waals surface area contributed by atoms with E-state index >= 15 is 0 Å². The number of nitrogens with one attached hydrogen (secondary N) is 1. The van der Waals surface area contributed by atoms with Crippen molar-refractivity contribution in [2.45, 2.75) is 31.3 Å². The third kappa shape index (κ3) is 5.87. The predicted molar refractivity (Wildman–Crippen MR) is 131 cm³/mol. The van der Waals surface area contributed by atoms with Gasteiger partial charge in [-0.2, -0.15) is 0 Å². The standard InChI is InChI=1S/C25H29N3O3S/c1-5-18-6-8-19(9-7-18)16-32-25-27-22-14-20(23(29)26-12-13-31-4)10-11-21(22)24(30)28(25)15-17(2)3/h5-11,14,17H,1,12-13,15-16H2,2-4H3,(H,26,29). The minimum Gasteiger partial charge on any atom is -0.383 e. The molecule has 6 nitrogen and oxygen atoms in total. The fourth-order valence-electron chi connectivity index (χ4n) is 3.24. The van der Waals surface area contributed by atoms with Crippen LogP contribution in [0.5, 0.6) is 0 Å². The molecular formula is C25H29N3O3S. The molecule has 3 aromatic rings. The van der Waals surface area contributed by atoms with Gasteiger partial charge in [0.2, 0.25) is 0 Å². The molecule has 1 heterocycles. The number of rotatable bonds is 10. The molecule has 0 unspecified atom stereocenters. The number of methoxy groups -OCH3 is 1. The van der Waals surface area contributed by atoms with E-state index in [2.05, 4.69) is 37.9 Å². The largest absolute Gasteiger partial charge is 0.383 e. The number of amides is 1. The summed E-state index contributed by atoms with van der Waals surface area (Å²) in [6.45, 7) is 9.37. The Morgan fingerprint density at radius 3 is 2.66 bits per heavy atom. The van der Waals surface area contributed by atoms with Crippen LogP contribution in [0, 0.1) is 5.92 Å². The fraction of sp³-hybridized carbons (Fsp3) is 0.320. The molecule has 0 saturated heterocycles. The van der Waals surface area contributed by atoms with Crippen LogP contribution < -0.4 is 10.9 Å². The van der Waals surface area contributed by atoms with E-state index in [0.29, 0.717) is 53.0 Å². The molecule has 0 spiro atoms. The van der Waals surface area contributed by atoms with E-state index in [1.54, 1.807) is 29.9 Å². The van der Waals surface area contributed by atoms with Crippen LogP contribution in [-0.2, 0) is 17.0 Å². The van der Waals surface area contributed by atoms with E-state index < -0.39 is 0 Å². The predicted octanol–water partition coefficient (Wildman–Crippen LogP) is 4.36. The molecule has 1 aromatic heterocycles. The highest BCUT2D eigenvalue weighted by molar-refractivity contribution is 7.98. The Morgan fingerprint density at radius 1 is 1.25 bits per heavy atom. The second-order valence-corrected chi connectivity index (χ2v) is 8.86. The minimum atomic E-state index is -0.214. The molecule has 0 aliphatic heterocycles. The lowest BCUT2D eigenvalue weighted by molar-refractivity contribution is 0.0937. The molecule has 168 valence electrons. The van der Waals surface area contributed by atoms with Crippen molar-refractivity contribution < 1.29 is 9.53 Å². The minimum absolute atomic E-state index is 0.0838. The first kappa shape index (κ1) is 23.8. The number of nitrogens with zero attached hydrogens (tertiary/aromatic N) is 2. The Bertz CT molecular complexity index is 1150. The van der Waals surface area contributed by atoms with Gasteiger partial charge in [0.1, 0.15) is 0 Å². The van der Waals surface area contributed by atoms with Crippen molar-refractivity contribution in [3.8, 4) is 0 Å². The number of carbonyl (C=O) groups excluding carboxylic acids is 1. The van der Waals surface area contributed by atoms with Crippen LogP contribution in [0.1, 0.15) is 35.3 Å². The van der Waals surface area contributed by atoms with E-state index in [9.17, 15) is 9.59 Å². The van der Waals surface area contributed by atoms with Gasteiger partial charge in [0.05, 0.1) is 17.5 Å². The second kappa shape index (κ2) is 11.1. The van der Waals surface area contributed by atoms with Crippen molar-refractivity contribution in [2.75, 3.05) is 20.3 Å². The van der Waals surface area contributed by atoms with Crippen molar-refractivity contribution >= 4 is 34.6 Å². The lowest BCUT2D eigenvalue weighted by Gasteiger charge is -2.15. The molecule has 0 aliphatic rings. The average Bonchev–Trinajstić information content (AvgIpc) is 2.79. The summed E-state index contributed by atoms with van der Waals surface area (Å²) in [6, 6.07) is 13.2. The van der Waals surface area contributed by atoms with Crippen molar-refractivity contribution in [3.05, 3.63) is 76.1 Å². The quantitative estimate of drug-likeness (QED) is 0.282. The van der Waals surface area contributed by atoms with Gasteiger partial charge in [0.15, 0.2) is 5.16 Å². The van der Waals surface area contributed by atoms with Gasteiger partial charge < -0.3 is 10.1 Å². The zero-order valence-electron chi connectivity index (χ0n) is 18.8. The summed E-state index contributed by atoms with van der Waals surface area (Å²) in [5.74, 6) is 0.766. The summed E-state index contributed by atoms with van der Waals surface area (Å²) in [6.07, 6.45) is 1.81. The Hall–Kier alpha value is -2.90. The van der Waals surface area contributed by atoms with E-state index in [4.69, 9.17) is 9.72 Å². The first-order valence-electron chi connectivity index (χ1n) is 10.6. The molecule has 1 amide bonds. The maximum atomic E-state index is 13.3. The number of carbonyl (C=O) groups is 1. The summed E-state index contributed by atoms with van der Waals surface area (Å²) >= 11 is 1.52. The topological polar surface area (TPSA) is 73.2 Å². The van der Waals surface area contributed by atoms with Crippen molar-refractivity contribution in [1.29, 1.82) is 0 Å². The van der Waals surface area contributed by atoms with E-state index in [1.807, 2.05) is 18.2 Å². The Morgan fingerprint density at radius 2 is 2.00 bits per heavy atom.